The first kappa shape index (κ1) is 14.9. The third kappa shape index (κ3) is 2.96. The molecule has 4 nitrogen and oxygen atoms in total. The highest BCUT2D eigenvalue weighted by molar-refractivity contribution is 5.86. The predicted octanol–water partition coefficient (Wildman–Crippen LogP) is 2.32. The van der Waals surface area contributed by atoms with Gasteiger partial charge < -0.3 is 15.4 Å². The quantitative estimate of drug-likeness (QED) is 0.887. The highest BCUT2D eigenvalue weighted by Crippen LogP contribution is 2.27. The molecule has 1 amide bonds. The van der Waals surface area contributed by atoms with E-state index in [0.717, 1.165) is 36.3 Å². The lowest BCUT2D eigenvalue weighted by Gasteiger charge is -2.26. The van der Waals surface area contributed by atoms with Crippen LogP contribution in [0.5, 0.6) is 5.75 Å². The Kier molecular flexibility index (Phi) is 4.33. The summed E-state index contributed by atoms with van der Waals surface area (Å²) in [6.45, 7) is 6.91. The smallest absolute Gasteiger partial charge is 0.240 e. The van der Waals surface area contributed by atoms with Crippen LogP contribution in [0.3, 0.4) is 0 Å². The molecule has 1 aromatic rings. The number of aryl methyl sites for hydroxylation is 1. The summed E-state index contributed by atoms with van der Waals surface area (Å²) in [5, 5.41) is 6.39. The van der Waals surface area contributed by atoms with E-state index in [1.54, 1.807) is 7.11 Å². The molecule has 0 aromatic heterocycles. The summed E-state index contributed by atoms with van der Waals surface area (Å²) in [6.07, 6.45) is 1.93. The van der Waals surface area contributed by atoms with E-state index in [1.807, 2.05) is 32.9 Å². The second kappa shape index (κ2) is 5.83. The fraction of sp³-hybridized carbons (Fsp3) is 0.562. The Balaban J connectivity index is 2.13. The van der Waals surface area contributed by atoms with Gasteiger partial charge in [0.25, 0.3) is 0 Å². The highest BCUT2D eigenvalue weighted by atomic mass is 16.5. The molecule has 2 rings (SSSR count). The Morgan fingerprint density at radius 2 is 2.25 bits per heavy atom. The minimum atomic E-state index is -0.439. The van der Waals surface area contributed by atoms with Gasteiger partial charge in [0.1, 0.15) is 5.75 Å². The zero-order chi connectivity index (χ0) is 14.8. The molecule has 1 aliphatic heterocycles. The van der Waals surface area contributed by atoms with Crippen molar-refractivity contribution in [3.8, 4) is 5.75 Å². The second-order valence-corrected chi connectivity index (χ2v) is 5.80. The lowest BCUT2D eigenvalue weighted by Crippen LogP contribution is -2.51. The zero-order valence-corrected chi connectivity index (χ0v) is 12.7. The molecule has 0 saturated carbocycles. The summed E-state index contributed by atoms with van der Waals surface area (Å²) in [4.78, 5) is 12.4. The summed E-state index contributed by atoms with van der Waals surface area (Å²) in [6, 6.07) is 5.95. The van der Waals surface area contributed by atoms with Crippen molar-refractivity contribution in [1.29, 1.82) is 0 Å². The Morgan fingerprint density at radius 1 is 1.50 bits per heavy atom. The predicted molar refractivity (Wildman–Crippen MR) is 79.9 cm³/mol. The van der Waals surface area contributed by atoms with Gasteiger partial charge in [0.05, 0.1) is 18.7 Å². The molecule has 0 bridgehead atoms. The van der Waals surface area contributed by atoms with Crippen molar-refractivity contribution in [1.82, 2.24) is 10.6 Å². The van der Waals surface area contributed by atoms with Crippen LogP contribution in [0.1, 0.15) is 43.9 Å². The number of rotatable bonds is 4. The maximum atomic E-state index is 12.4. The summed E-state index contributed by atoms with van der Waals surface area (Å²) in [7, 11) is 1.66. The molecule has 1 aromatic carbocycles. The molecular weight excluding hydrogens is 252 g/mol. The van der Waals surface area contributed by atoms with Crippen molar-refractivity contribution in [3.63, 3.8) is 0 Å². The molecule has 2 atom stereocenters. The number of methoxy groups -OCH3 is 1. The van der Waals surface area contributed by atoms with Crippen molar-refractivity contribution < 1.29 is 9.53 Å². The van der Waals surface area contributed by atoms with E-state index in [9.17, 15) is 4.79 Å². The minimum Gasteiger partial charge on any atom is -0.496 e. The third-order valence-electron chi connectivity index (χ3n) is 4.07. The molecule has 2 unspecified atom stereocenters. The molecular formula is C16H24N2O2. The van der Waals surface area contributed by atoms with Crippen LogP contribution in [0.15, 0.2) is 18.2 Å². The van der Waals surface area contributed by atoms with E-state index in [-0.39, 0.29) is 11.9 Å². The number of amides is 1. The van der Waals surface area contributed by atoms with Crippen molar-refractivity contribution in [2.45, 2.75) is 45.2 Å². The van der Waals surface area contributed by atoms with Crippen LogP contribution in [0.4, 0.5) is 0 Å². The average Bonchev–Trinajstić information content (AvgIpc) is 2.87. The molecule has 0 aliphatic carbocycles. The standard InChI is InChI=1S/C16H24N2O2/c1-11-6-7-14(20-4)13(10-11)12(2)18-15(19)16(3)8-5-9-17-16/h6-7,10,12,17H,5,8-9H2,1-4H3,(H,18,19). The largest absolute Gasteiger partial charge is 0.496 e. The monoisotopic (exact) mass is 276 g/mol. The number of hydrogen-bond donors (Lipinski definition) is 2. The number of carbonyl (C=O) groups is 1. The summed E-state index contributed by atoms with van der Waals surface area (Å²) in [5.41, 5.74) is 1.74. The van der Waals surface area contributed by atoms with Crippen LogP contribution in [-0.4, -0.2) is 25.1 Å². The van der Waals surface area contributed by atoms with Crippen LogP contribution >= 0.6 is 0 Å². The molecule has 1 fully saturated rings. The first-order valence-corrected chi connectivity index (χ1v) is 7.17. The molecule has 1 heterocycles. The lowest BCUT2D eigenvalue weighted by molar-refractivity contribution is -0.127. The fourth-order valence-corrected chi connectivity index (χ4v) is 2.71. The molecule has 1 saturated heterocycles. The van der Waals surface area contributed by atoms with Crippen molar-refractivity contribution >= 4 is 5.91 Å². The van der Waals surface area contributed by atoms with E-state index in [2.05, 4.69) is 16.7 Å². The van der Waals surface area contributed by atoms with Crippen molar-refractivity contribution in [2.75, 3.05) is 13.7 Å². The Bertz CT molecular complexity index is 493. The minimum absolute atomic E-state index is 0.0612. The molecule has 20 heavy (non-hydrogen) atoms. The first-order chi connectivity index (χ1) is 9.46. The molecule has 1 aliphatic rings. The maximum Gasteiger partial charge on any atom is 0.240 e. The molecule has 4 heteroatoms. The van der Waals surface area contributed by atoms with Gasteiger partial charge in [0, 0.05) is 5.56 Å². The van der Waals surface area contributed by atoms with Crippen LogP contribution in [0.25, 0.3) is 0 Å². The van der Waals surface area contributed by atoms with E-state index in [4.69, 9.17) is 4.74 Å². The topological polar surface area (TPSA) is 50.4 Å². The maximum absolute atomic E-state index is 12.4. The summed E-state index contributed by atoms with van der Waals surface area (Å²) >= 11 is 0. The Morgan fingerprint density at radius 3 is 2.85 bits per heavy atom. The first-order valence-electron chi connectivity index (χ1n) is 7.17. The molecule has 0 spiro atoms. The average molecular weight is 276 g/mol. The summed E-state index contributed by atoms with van der Waals surface area (Å²) in [5.74, 6) is 0.874. The molecule has 110 valence electrons. The SMILES string of the molecule is COc1ccc(C)cc1C(C)NC(=O)C1(C)CCCN1. The zero-order valence-electron chi connectivity index (χ0n) is 12.7. The van der Waals surface area contributed by atoms with Gasteiger partial charge in [0.15, 0.2) is 0 Å². The van der Waals surface area contributed by atoms with Gasteiger partial charge in [0.2, 0.25) is 5.91 Å². The van der Waals surface area contributed by atoms with Gasteiger partial charge in [-0.2, -0.15) is 0 Å². The number of carbonyl (C=O) groups excluding carboxylic acids is 1. The van der Waals surface area contributed by atoms with Gasteiger partial charge in [-0.3, -0.25) is 4.79 Å². The second-order valence-electron chi connectivity index (χ2n) is 5.80. The van der Waals surface area contributed by atoms with Crippen molar-refractivity contribution in [2.24, 2.45) is 0 Å². The van der Waals surface area contributed by atoms with Crippen LogP contribution < -0.4 is 15.4 Å². The highest BCUT2D eigenvalue weighted by Gasteiger charge is 2.36. The summed E-state index contributed by atoms with van der Waals surface area (Å²) < 4.78 is 5.39. The number of ether oxygens (including phenoxy) is 1. The Labute approximate surface area is 120 Å². The van der Waals surface area contributed by atoms with Crippen LogP contribution in [-0.2, 0) is 4.79 Å². The third-order valence-corrected chi connectivity index (χ3v) is 4.07. The van der Waals surface area contributed by atoms with Crippen molar-refractivity contribution in [3.05, 3.63) is 29.3 Å². The number of nitrogens with one attached hydrogen (secondary N) is 2. The van der Waals surface area contributed by atoms with E-state index < -0.39 is 5.54 Å². The van der Waals surface area contributed by atoms with Gasteiger partial charge in [-0.25, -0.2) is 0 Å². The van der Waals surface area contributed by atoms with Gasteiger partial charge in [-0.1, -0.05) is 17.7 Å². The van der Waals surface area contributed by atoms with E-state index in [1.165, 1.54) is 0 Å². The van der Waals surface area contributed by atoms with Crippen LogP contribution in [0, 0.1) is 6.92 Å². The van der Waals surface area contributed by atoms with E-state index >= 15 is 0 Å². The van der Waals surface area contributed by atoms with Gasteiger partial charge in [-0.05, 0) is 46.2 Å². The Hall–Kier alpha value is -1.55. The van der Waals surface area contributed by atoms with E-state index in [0.29, 0.717) is 0 Å². The lowest BCUT2D eigenvalue weighted by atomic mass is 9.97. The fourth-order valence-electron chi connectivity index (χ4n) is 2.71. The normalized spacial score (nSPS) is 23.4. The van der Waals surface area contributed by atoms with Crippen LogP contribution in [0.2, 0.25) is 0 Å². The molecule has 0 radical (unpaired) electrons. The molecule has 2 N–H and O–H groups in total. The van der Waals surface area contributed by atoms with Gasteiger partial charge >= 0.3 is 0 Å². The number of hydrogen-bond acceptors (Lipinski definition) is 3. The number of benzene rings is 1. The van der Waals surface area contributed by atoms with Gasteiger partial charge in [-0.15, -0.1) is 0 Å².